The van der Waals surface area contributed by atoms with Crippen molar-refractivity contribution in [2.24, 2.45) is 0 Å². The molecule has 0 amide bonds. The Morgan fingerprint density at radius 3 is 1.91 bits per heavy atom. The summed E-state index contributed by atoms with van der Waals surface area (Å²) in [6.07, 6.45) is 0. The summed E-state index contributed by atoms with van der Waals surface area (Å²) in [5, 5.41) is 0. The van der Waals surface area contributed by atoms with Crippen molar-refractivity contribution < 1.29 is 35.1 Å². The lowest BCUT2D eigenvalue weighted by atomic mass is 9.91. The number of fused-ring (bicyclic) bond motifs is 1. The summed E-state index contributed by atoms with van der Waals surface area (Å²) in [4.78, 5) is 0. The number of hydrogen-bond acceptors (Lipinski definition) is 0. The predicted molar refractivity (Wildman–Crippen MR) is 63.6 cm³/mol. The van der Waals surface area contributed by atoms with Gasteiger partial charge in [0.15, 0.2) is 29.1 Å². The van der Waals surface area contributed by atoms with Gasteiger partial charge in [-0.2, -0.15) is 0 Å². The Labute approximate surface area is 123 Å². The summed E-state index contributed by atoms with van der Waals surface area (Å²) in [5.74, 6) is -17.2. The number of benzene rings is 2. The molecule has 8 heteroatoms. The second-order valence-corrected chi connectivity index (χ2v) is 4.81. The molecule has 0 fully saturated rings. The van der Waals surface area contributed by atoms with Crippen molar-refractivity contribution in [1.29, 1.82) is 0 Å². The van der Waals surface area contributed by atoms with Gasteiger partial charge < -0.3 is 0 Å². The number of halogens is 8. The standard InChI is InChI=1S/C15H4F8/c16-4-1-2-5(6(17)3-4)7-8-9(12(20)10(7)18)13(21)15(23)14(22)11(8)19/h1-3,7H. The van der Waals surface area contributed by atoms with E-state index in [2.05, 4.69) is 0 Å². The summed E-state index contributed by atoms with van der Waals surface area (Å²) in [6, 6.07) is 1.66. The van der Waals surface area contributed by atoms with Gasteiger partial charge in [0, 0.05) is 17.2 Å². The maximum atomic E-state index is 14.0. The first kappa shape index (κ1) is 15.5. The first-order valence-corrected chi connectivity index (χ1v) is 6.12. The Balaban J connectivity index is 2.36. The normalized spacial score (nSPS) is 17.0. The quantitative estimate of drug-likeness (QED) is 0.378. The van der Waals surface area contributed by atoms with Gasteiger partial charge in [-0.3, -0.25) is 0 Å². The number of rotatable bonds is 1. The Kier molecular flexibility index (Phi) is 3.42. The molecule has 1 aliphatic rings. The molecule has 1 aliphatic carbocycles. The molecule has 1 atom stereocenters. The molecule has 0 N–H and O–H groups in total. The van der Waals surface area contributed by atoms with Gasteiger partial charge in [-0.1, -0.05) is 6.07 Å². The molecule has 2 aromatic rings. The third-order valence-electron chi connectivity index (χ3n) is 3.55. The molecule has 0 spiro atoms. The van der Waals surface area contributed by atoms with E-state index in [1.807, 2.05) is 0 Å². The van der Waals surface area contributed by atoms with E-state index in [0.29, 0.717) is 18.2 Å². The van der Waals surface area contributed by atoms with Crippen molar-refractivity contribution in [3.63, 3.8) is 0 Å². The third kappa shape index (κ3) is 2.04. The number of hydrogen-bond donors (Lipinski definition) is 0. The molecule has 0 aliphatic heterocycles. The van der Waals surface area contributed by atoms with Crippen LogP contribution in [0.2, 0.25) is 0 Å². The Morgan fingerprint density at radius 1 is 0.696 bits per heavy atom. The molecule has 0 saturated heterocycles. The Bertz CT molecular complexity index is 869. The van der Waals surface area contributed by atoms with Gasteiger partial charge in [-0.25, -0.2) is 35.1 Å². The van der Waals surface area contributed by atoms with E-state index in [-0.39, 0.29) is 0 Å². The highest BCUT2D eigenvalue weighted by Crippen LogP contribution is 2.50. The maximum Gasteiger partial charge on any atom is 0.198 e. The van der Waals surface area contributed by atoms with E-state index in [0.717, 1.165) is 0 Å². The van der Waals surface area contributed by atoms with Gasteiger partial charge in [-0.15, -0.1) is 0 Å². The zero-order valence-electron chi connectivity index (χ0n) is 10.8. The zero-order valence-corrected chi connectivity index (χ0v) is 10.8. The monoisotopic (exact) mass is 336 g/mol. The van der Waals surface area contributed by atoms with Crippen LogP contribution in [0.25, 0.3) is 5.83 Å². The molecule has 0 radical (unpaired) electrons. The largest absolute Gasteiger partial charge is 0.208 e. The molecular formula is C15H4F8. The van der Waals surface area contributed by atoms with E-state index in [1.54, 1.807) is 0 Å². The van der Waals surface area contributed by atoms with E-state index >= 15 is 0 Å². The summed E-state index contributed by atoms with van der Waals surface area (Å²) >= 11 is 0. The molecule has 2 aromatic carbocycles. The lowest BCUT2D eigenvalue weighted by molar-refractivity contribution is 0.401. The molecule has 0 saturated carbocycles. The SMILES string of the molecule is FC1=C(F)C(c2ccc(F)cc2F)c2c(F)c(F)c(F)c(F)c21. The van der Waals surface area contributed by atoms with Crippen molar-refractivity contribution in [3.05, 3.63) is 75.6 Å². The average Bonchev–Trinajstić information content (AvgIpc) is 2.76. The molecule has 1 unspecified atom stereocenters. The second kappa shape index (κ2) is 5.07. The van der Waals surface area contributed by atoms with Crippen molar-refractivity contribution in [1.82, 2.24) is 0 Å². The summed E-state index contributed by atoms with van der Waals surface area (Å²) in [5.41, 5.74) is -3.42. The highest BCUT2D eigenvalue weighted by atomic mass is 19.2. The molecule has 0 bridgehead atoms. The van der Waals surface area contributed by atoms with Crippen LogP contribution in [0, 0.1) is 34.9 Å². The van der Waals surface area contributed by atoms with Crippen molar-refractivity contribution in [2.45, 2.75) is 5.92 Å². The van der Waals surface area contributed by atoms with Gasteiger partial charge in [0.25, 0.3) is 0 Å². The Hall–Kier alpha value is -2.38. The van der Waals surface area contributed by atoms with Crippen LogP contribution in [0.15, 0.2) is 24.0 Å². The predicted octanol–water partition coefficient (Wildman–Crippen LogP) is 5.27. The van der Waals surface area contributed by atoms with Gasteiger partial charge in [0.1, 0.15) is 17.5 Å². The van der Waals surface area contributed by atoms with Gasteiger partial charge >= 0.3 is 0 Å². The Morgan fingerprint density at radius 2 is 1.30 bits per heavy atom. The fourth-order valence-corrected chi connectivity index (χ4v) is 2.53. The van der Waals surface area contributed by atoms with Crippen LogP contribution in [0.1, 0.15) is 22.6 Å². The van der Waals surface area contributed by atoms with E-state index < -0.39 is 69.2 Å². The van der Waals surface area contributed by atoms with Crippen LogP contribution >= 0.6 is 0 Å². The minimum absolute atomic E-state index is 0.312. The van der Waals surface area contributed by atoms with Gasteiger partial charge in [0.2, 0.25) is 0 Å². The lowest BCUT2D eigenvalue weighted by Crippen LogP contribution is -2.09. The fourth-order valence-electron chi connectivity index (χ4n) is 2.53. The smallest absolute Gasteiger partial charge is 0.198 e. The fraction of sp³-hybridized carbons (Fsp3) is 0.0667. The zero-order chi connectivity index (χ0) is 17.0. The molecule has 3 rings (SSSR count). The molecular weight excluding hydrogens is 332 g/mol. The topological polar surface area (TPSA) is 0 Å². The lowest BCUT2D eigenvalue weighted by Gasteiger charge is -2.15. The van der Waals surface area contributed by atoms with E-state index in [4.69, 9.17) is 0 Å². The van der Waals surface area contributed by atoms with Crippen molar-refractivity contribution >= 4 is 5.83 Å². The third-order valence-corrected chi connectivity index (χ3v) is 3.55. The van der Waals surface area contributed by atoms with Crippen LogP contribution in [-0.4, -0.2) is 0 Å². The van der Waals surface area contributed by atoms with Crippen LogP contribution in [0.5, 0.6) is 0 Å². The van der Waals surface area contributed by atoms with Crippen LogP contribution in [0.3, 0.4) is 0 Å². The van der Waals surface area contributed by atoms with Gasteiger partial charge in [0.05, 0.1) is 11.5 Å². The van der Waals surface area contributed by atoms with Crippen molar-refractivity contribution in [3.8, 4) is 0 Å². The highest BCUT2D eigenvalue weighted by Gasteiger charge is 2.42. The first-order valence-electron chi connectivity index (χ1n) is 6.12. The molecule has 0 heterocycles. The highest BCUT2D eigenvalue weighted by molar-refractivity contribution is 5.75. The maximum absolute atomic E-state index is 14.0. The minimum Gasteiger partial charge on any atom is -0.208 e. The second-order valence-electron chi connectivity index (χ2n) is 4.81. The van der Waals surface area contributed by atoms with Crippen molar-refractivity contribution in [2.75, 3.05) is 0 Å². The summed E-state index contributed by atoms with van der Waals surface area (Å²) in [7, 11) is 0. The molecule has 120 valence electrons. The summed E-state index contributed by atoms with van der Waals surface area (Å²) < 4.78 is 109. The minimum atomic E-state index is -2.32. The molecule has 0 aromatic heterocycles. The number of allylic oxidation sites excluding steroid dienone is 1. The summed E-state index contributed by atoms with van der Waals surface area (Å²) in [6.45, 7) is 0. The molecule has 0 nitrogen and oxygen atoms in total. The van der Waals surface area contributed by atoms with Crippen LogP contribution in [0.4, 0.5) is 35.1 Å². The van der Waals surface area contributed by atoms with E-state index in [9.17, 15) is 35.1 Å². The molecule has 23 heavy (non-hydrogen) atoms. The van der Waals surface area contributed by atoms with Crippen LogP contribution in [-0.2, 0) is 0 Å². The first-order chi connectivity index (χ1) is 10.8. The van der Waals surface area contributed by atoms with E-state index in [1.165, 1.54) is 0 Å². The van der Waals surface area contributed by atoms with Crippen LogP contribution < -0.4 is 0 Å². The van der Waals surface area contributed by atoms with Gasteiger partial charge in [-0.05, 0) is 6.07 Å². The average molecular weight is 336 g/mol.